The molecule has 22 heavy (non-hydrogen) atoms. The highest BCUT2D eigenvalue weighted by Crippen LogP contribution is 2.34. The molecule has 2 heterocycles. The van der Waals surface area contributed by atoms with Crippen molar-refractivity contribution in [2.24, 2.45) is 4.99 Å². The van der Waals surface area contributed by atoms with Crippen LogP contribution in [0.1, 0.15) is 18.4 Å². The maximum Gasteiger partial charge on any atom is 0.286 e. The number of likely N-dealkylation sites (tertiary alicyclic amines) is 1. The van der Waals surface area contributed by atoms with E-state index >= 15 is 0 Å². The molecule has 1 aromatic rings. The summed E-state index contributed by atoms with van der Waals surface area (Å²) in [5, 5.41) is 19.6. The Morgan fingerprint density at radius 2 is 2.32 bits per heavy atom. The van der Waals surface area contributed by atoms with E-state index in [2.05, 4.69) is 4.99 Å². The first-order valence-corrected chi connectivity index (χ1v) is 7.78. The van der Waals surface area contributed by atoms with Crippen LogP contribution in [0.4, 0.5) is 4.39 Å². The first-order chi connectivity index (χ1) is 10.6. The summed E-state index contributed by atoms with van der Waals surface area (Å²) >= 11 is 1.19. The van der Waals surface area contributed by atoms with Gasteiger partial charge in [0.2, 0.25) is 0 Å². The molecule has 116 valence electrons. The van der Waals surface area contributed by atoms with Gasteiger partial charge in [-0.15, -0.1) is 0 Å². The fourth-order valence-electron chi connectivity index (χ4n) is 2.58. The van der Waals surface area contributed by atoms with Crippen molar-refractivity contribution < 1.29 is 19.4 Å². The smallest absolute Gasteiger partial charge is 0.286 e. The summed E-state index contributed by atoms with van der Waals surface area (Å²) in [6.45, 7) is 0.778. The number of thioether (sulfide) groups is 1. The SMILES string of the molecule is O=C1N=C(N2CCC[C@@H]2CO)SC1=Cc1cc(F)ccc1O. The van der Waals surface area contributed by atoms with Gasteiger partial charge in [0.15, 0.2) is 5.17 Å². The van der Waals surface area contributed by atoms with E-state index in [1.807, 2.05) is 4.90 Å². The number of phenols is 1. The van der Waals surface area contributed by atoms with Crippen molar-refractivity contribution in [2.75, 3.05) is 13.2 Å². The maximum atomic E-state index is 13.2. The molecular formula is C15H15FN2O3S. The van der Waals surface area contributed by atoms with Crippen molar-refractivity contribution in [1.29, 1.82) is 0 Å². The number of amidine groups is 1. The van der Waals surface area contributed by atoms with E-state index in [-0.39, 0.29) is 24.0 Å². The molecule has 2 aliphatic heterocycles. The zero-order chi connectivity index (χ0) is 15.7. The van der Waals surface area contributed by atoms with Crippen molar-refractivity contribution >= 4 is 28.9 Å². The molecule has 2 aliphatic rings. The standard InChI is InChI=1S/C15H15FN2O3S/c16-10-3-4-12(20)9(6-10)7-13-14(21)17-15(22-13)18-5-1-2-11(18)8-19/h3-4,6-7,11,19-20H,1-2,5,8H2/t11-/m1/s1. The largest absolute Gasteiger partial charge is 0.507 e. The van der Waals surface area contributed by atoms with Crippen molar-refractivity contribution in [2.45, 2.75) is 18.9 Å². The van der Waals surface area contributed by atoms with E-state index < -0.39 is 11.7 Å². The summed E-state index contributed by atoms with van der Waals surface area (Å²) in [5.41, 5.74) is 0.243. The number of benzene rings is 1. The normalized spacial score (nSPS) is 23.5. The average molecular weight is 322 g/mol. The van der Waals surface area contributed by atoms with Crippen LogP contribution in [0.3, 0.4) is 0 Å². The third-order valence-electron chi connectivity index (χ3n) is 3.72. The van der Waals surface area contributed by atoms with Crippen molar-refractivity contribution in [1.82, 2.24) is 4.90 Å². The van der Waals surface area contributed by atoms with Crippen LogP contribution < -0.4 is 0 Å². The topological polar surface area (TPSA) is 73.1 Å². The molecule has 0 spiro atoms. The maximum absolute atomic E-state index is 13.2. The molecular weight excluding hydrogens is 307 g/mol. The van der Waals surface area contributed by atoms with E-state index in [0.717, 1.165) is 25.5 Å². The fourth-order valence-corrected chi connectivity index (χ4v) is 3.58. The van der Waals surface area contributed by atoms with Crippen molar-refractivity contribution in [3.63, 3.8) is 0 Å². The van der Waals surface area contributed by atoms with E-state index in [1.165, 1.54) is 30.0 Å². The minimum Gasteiger partial charge on any atom is -0.507 e. The summed E-state index contributed by atoms with van der Waals surface area (Å²) < 4.78 is 13.2. The molecule has 1 atom stereocenters. The molecule has 0 bridgehead atoms. The summed E-state index contributed by atoms with van der Waals surface area (Å²) in [5.74, 6) is -0.987. The van der Waals surface area contributed by atoms with Crippen LogP contribution in [-0.4, -0.2) is 45.4 Å². The lowest BCUT2D eigenvalue weighted by Gasteiger charge is -2.23. The van der Waals surface area contributed by atoms with Crippen LogP contribution in [-0.2, 0) is 4.79 Å². The van der Waals surface area contributed by atoms with E-state index in [1.54, 1.807) is 0 Å². The van der Waals surface area contributed by atoms with Gasteiger partial charge in [0.1, 0.15) is 11.6 Å². The number of aliphatic imine (C=N–C) groups is 1. The second kappa shape index (κ2) is 6.10. The Kier molecular flexibility index (Phi) is 4.17. The van der Waals surface area contributed by atoms with Crippen LogP contribution in [0.25, 0.3) is 6.08 Å². The summed E-state index contributed by atoms with van der Waals surface area (Å²) in [4.78, 5) is 18.3. The third-order valence-corrected chi connectivity index (χ3v) is 4.74. The second-order valence-corrected chi connectivity index (χ2v) is 6.19. The Morgan fingerprint density at radius 3 is 3.09 bits per heavy atom. The first kappa shape index (κ1) is 15.1. The highest BCUT2D eigenvalue weighted by molar-refractivity contribution is 8.18. The van der Waals surface area contributed by atoms with Gasteiger partial charge < -0.3 is 15.1 Å². The number of carbonyl (C=O) groups is 1. The molecule has 1 amide bonds. The second-order valence-electron chi connectivity index (χ2n) is 5.19. The Morgan fingerprint density at radius 1 is 1.50 bits per heavy atom. The first-order valence-electron chi connectivity index (χ1n) is 6.97. The summed E-state index contributed by atoms with van der Waals surface area (Å²) in [6, 6.07) is 3.55. The van der Waals surface area contributed by atoms with Crippen molar-refractivity contribution in [3.05, 3.63) is 34.5 Å². The number of aliphatic hydroxyl groups excluding tert-OH is 1. The number of amides is 1. The predicted molar refractivity (Wildman–Crippen MR) is 82.9 cm³/mol. The van der Waals surface area contributed by atoms with Gasteiger partial charge in [-0.25, -0.2) is 4.39 Å². The third kappa shape index (κ3) is 2.86. The zero-order valence-electron chi connectivity index (χ0n) is 11.7. The number of nitrogens with zero attached hydrogens (tertiary/aromatic N) is 2. The van der Waals surface area contributed by atoms with E-state index in [9.17, 15) is 19.4 Å². The average Bonchev–Trinajstić information content (AvgIpc) is 3.09. The van der Waals surface area contributed by atoms with Crippen molar-refractivity contribution in [3.8, 4) is 5.75 Å². The van der Waals surface area contributed by atoms with Gasteiger partial charge in [0, 0.05) is 12.1 Å². The van der Waals surface area contributed by atoms with Crippen LogP contribution in [0, 0.1) is 5.82 Å². The Labute approximate surface area is 131 Å². The summed E-state index contributed by atoms with van der Waals surface area (Å²) in [6.07, 6.45) is 3.25. The molecule has 1 fully saturated rings. The number of rotatable bonds is 2. The number of hydrogen-bond donors (Lipinski definition) is 2. The van der Waals surface area contributed by atoms with E-state index in [4.69, 9.17) is 0 Å². The van der Waals surface area contributed by atoms with Gasteiger partial charge in [0.05, 0.1) is 17.6 Å². The van der Waals surface area contributed by atoms with E-state index in [0.29, 0.717) is 10.1 Å². The highest BCUT2D eigenvalue weighted by Gasteiger charge is 2.32. The molecule has 0 aliphatic carbocycles. The Balaban J connectivity index is 1.82. The van der Waals surface area contributed by atoms with Crippen LogP contribution in [0.5, 0.6) is 5.75 Å². The Hall–Kier alpha value is -1.86. The van der Waals surface area contributed by atoms with Gasteiger partial charge in [-0.2, -0.15) is 4.99 Å². The molecule has 0 radical (unpaired) electrons. The molecule has 2 N–H and O–H groups in total. The predicted octanol–water partition coefficient (Wildman–Crippen LogP) is 1.96. The molecule has 0 saturated carbocycles. The minimum absolute atomic E-state index is 0.0130. The van der Waals surface area contributed by atoms with Crippen LogP contribution >= 0.6 is 11.8 Å². The van der Waals surface area contributed by atoms with Gasteiger partial charge in [-0.1, -0.05) is 0 Å². The Bertz CT molecular complexity index is 675. The quantitative estimate of drug-likeness (QED) is 0.814. The zero-order valence-corrected chi connectivity index (χ0v) is 12.5. The lowest BCUT2D eigenvalue weighted by Crippen LogP contribution is -2.35. The lowest BCUT2D eigenvalue weighted by atomic mass is 10.2. The van der Waals surface area contributed by atoms with Gasteiger partial charge in [-0.3, -0.25) is 4.79 Å². The monoisotopic (exact) mass is 322 g/mol. The number of hydrogen-bond acceptors (Lipinski definition) is 5. The van der Waals surface area contributed by atoms with Crippen LogP contribution in [0.2, 0.25) is 0 Å². The van der Waals surface area contributed by atoms with Crippen LogP contribution in [0.15, 0.2) is 28.1 Å². The molecule has 5 nitrogen and oxygen atoms in total. The number of phenolic OH excluding ortho intramolecular Hbond substituents is 1. The number of aromatic hydroxyl groups is 1. The number of halogens is 1. The van der Waals surface area contributed by atoms with Gasteiger partial charge >= 0.3 is 0 Å². The van der Waals surface area contributed by atoms with Gasteiger partial charge in [-0.05, 0) is 48.9 Å². The lowest BCUT2D eigenvalue weighted by molar-refractivity contribution is -0.113. The summed E-state index contributed by atoms with van der Waals surface area (Å²) in [7, 11) is 0. The number of carbonyl (C=O) groups excluding carboxylic acids is 1. The highest BCUT2D eigenvalue weighted by atomic mass is 32.2. The van der Waals surface area contributed by atoms with Gasteiger partial charge in [0.25, 0.3) is 5.91 Å². The molecule has 1 aromatic carbocycles. The molecule has 0 unspecified atom stereocenters. The fraction of sp³-hybridized carbons (Fsp3) is 0.333. The number of aliphatic hydroxyl groups is 1. The molecule has 0 aromatic heterocycles. The molecule has 7 heteroatoms. The molecule has 3 rings (SSSR count). The molecule has 1 saturated heterocycles. The minimum atomic E-state index is -0.485.